The monoisotopic (exact) mass is 373 g/mol. The van der Waals surface area contributed by atoms with Crippen LogP contribution in [0.1, 0.15) is 32.1 Å². The summed E-state index contributed by atoms with van der Waals surface area (Å²) in [6.07, 6.45) is 4.84. The van der Waals surface area contributed by atoms with Gasteiger partial charge in [-0.3, -0.25) is 9.59 Å². The average molecular weight is 374 g/mol. The van der Waals surface area contributed by atoms with Crippen LogP contribution in [0.2, 0.25) is 0 Å². The van der Waals surface area contributed by atoms with E-state index in [9.17, 15) is 14.0 Å². The molecular weight excluding hydrogens is 349 g/mol. The molecule has 1 aliphatic carbocycles. The number of amides is 2. The molecule has 0 bridgehead atoms. The number of carbonyl (C=O) groups is 2. The molecule has 0 aromatic heterocycles. The molecule has 1 saturated carbocycles. The summed E-state index contributed by atoms with van der Waals surface area (Å²) in [7, 11) is 1.45. The fraction of sp³-hybridized carbons (Fsp3) is 0.529. The van der Waals surface area contributed by atoms with Gasteiger partial charge in [-0.2, -0.15) is 0 Å². The molecule has 4 N–H and O–H groups in total. The zero-order valence-electron chi connectivity index (χ0n) is 14.2. The van der Waals surface area contributed by atoms with Gasteiger partial charge in [-0.1, -0.05) is 19.3 Å². The van der Waals surface area contributed by atoms with Gasteiger partial charge in [0, 0.05) is 18.7 Å². The van der Waals surface area contributed by atoms with Gasteiger partial charge in [-0.15, -0.1) is 12.4 Å². The van der Waals surface area contributed by atoms with Crippen LogP contribution in [0, 0.1) is 11.7 Å². The zero-order valence-corrected chi connectivity index (χ0v) is 15.0. The van der Waals surface area contributed by atoms with E-state index >= 15 is 0 Å². The van der Waals surface area contributed by atoms with Crippen molar-refractivity contribution in [2.24, 2.45) is 11.7 Å². The van der Waals surface area contributed by atoms with E-state index in [4.69, 9.17) is 10.5 Å². The maximum Gasteiger partial charge on any atom is 0.243 e. The van der Waals surface area contributed by atoms with Crippen molar-refractivity contribution in [2.75, 3.05) is 24.4 Å². The van der Waals surface area contributed by atoms with E-state index in [0.29, 0.717) is 5.69 Å². The quantitative estimate of drug-likeness (QED) is 0.714. The van der Waals surface area contributed by atoms with Gasteiger partial charge in [-0.05, 0) is 31.0 Å². The predicted molar refractivity (Wildman–Crippen MR) is 97.3 cm³/mol. The normalized spacial score (nSPS) is 15.8. The van der Waals surface area contributed by atoms with Crippen molar-refractivity contribution in [1.29, 1.82) is 0 Å². The molecule has 1 atom stereocenters. The second-order valence-corrected chi connectivity index (χ2v) is 6.07. The third kappa shape index (κ3) is 6.26. The molecule has 8 heteroatoms. The van der Waals surface area contributed by atoms with Crippen molar-refractivity contribution in [1.82, 2.24) is 0 Å². The predicted octanol–water partition coefficient (Wildman–Crippen LogP) is 2.68. The van der Waals surface area contributed by atoms with Crippen molar-refractivity contribution < 1.29 is 18.7 Å². The van der Waals surface area contributed by atoms with Crippen molar-refractivity contribution in [3.05, 3.63) is 24.0 Å². The molecule has 0 spiro atoms. The van der Waals surface area contributed by atoms with Crippen molar-refractivity contribution in [3.63, 3.8) is 0 Å². The van der Waals surface area contributed by atoms with Crippen LogP contribution in [-0.4, -0.2) is 31.6 Å². The summed E-state index contributed by atoms with van der Waals surface area (Å²) in [5.41, 5.74) is 6.07. The molecule has 140 valence electrons. The molecule has 6 nitrogen and oxygen atoms in total. The van der Waals surface area contributed by atoms with Crippen molar-refractivity contribution in [3.8, 4) is 0 Å². The van der Waals surface area contributed by atoms with Gasteiger partial charge >= 0.3 is 0 Å². The maximum atomic E-state index is 13.9. The number of hydrogen-bond donors (Lipinski definition) is 3. The summed E-state index contributed by atoms with van der Waals surface area (Å²) in [5, 5.41) is 5.21. The van der Waals surface area contributed by atoms with Crippen LogP contribution in [0.4, 0.5) is 15.8 Å². The van der Waals surface area contributed by atoms with E-state index in [1.807, 2.05) is 0 Å². The Balaban J connectivity index is 0.00000312. The standard InChI is InChI=1S/C17H24FN3O3.ClH/c1-24-10-14(19)17(23)20-12-7-8-13(18)15(9-12)21-16(22)11-5-3-2-4-6-11;/h7-9,11,14H,2-6,10,19H2,1H3,(H,20,23)(H,21,22);1H. The number of nitrogens with one attached hydrogen (secondary N) is 2. The molecule has 0 radical (unpaired) electrons. The molecular formula is C17H25ClFN3O3. The van der Waals surface area contributed by atoms with E-state index in [0.717, 1.165) is 32.1 Å². The van der Waals surface area contributed by atoms with Crippen LogP contribution in [0.5, 0.6) is 0 Å². The summed E-state index contributed by atoms with van der Waals surface area (Å²) >= 11 is 0. The first kappa shape index (κ1) is 21.3. The molecule has 2 rings (SSSR count). The molecule has 1 unspecified atom stereocenters. The Hall–Kier alpha value is -1.70. The topological polar surface area (TPSA) is 93.4 Å². The Morgan fingerprint density at radius 2 is 1.96 bits per heavy atom. The Morgan fingerprint density at radius 1 is 1.28 bits per heavy atom. The Bertz CT molecular complexity index is 595. The van der Waals surface area contributed by atoms with Crippen LogP contribution >= 0.6 is 12.4 Å². The van der Waals surface area contributed by atoms with Gasteiger partial charge in [0.05, 0.1) is 12.3 Å². The van der Waals surface area contributed by atoms with Crippen LogP contribution in [0.25, 0.3) is 0 Å². The third-order valence-electron chi connectivity index (χ3n) is 4.15. The largest absolute Gasteiger partial charge is 0.383 e. The minimum absolute atomic E-state index is 0. The SMILES string of the molecule is COCC(N)C(=O)Nc1ccc(F)c(NC(=O)C2CCCCC2)c1.Cl. The molecule has 1 fully saturated rings. The summed E-state index contributed by atoms with van der Waals surface area (Å²) in [6, 6.07) is 3.20. The van der Waals surface area contributed by atoms with E-state index in [2.05, 4.69) is 10.6 Å². The molecule has 0 heterocycles. The lowest BCUT2D eigenvalue weighted by atomic mass is 9.88. The maximum absolute atomic E-state index is 13.9. The summed E-state index contributed by atoms with van der Waals surface area (Å²) in [6.45, 7) is 0.0816. The first-order valence-electron chi connectivity index (χ1n) is 8.17. The highest BCUT2D eigenvalue weighted by Gasteiger charge is 2.22. The van der Waals surface area contributed by atoms with Crippen LogP contribution in [0.15, 0.2) is 18.2 Å². The van der Waals surface area contributed by atoms with Gasteiger partial charge in [0.2, 0.25) is 11.8 Å². The summed E-state index contributed by atoms with van der Waals surface area (Å²) in [5.74, 6) is -1.23. The van der Waals surface area contributed by atoms with Gasteiger partial charge in [0.25, 0.3) is 0 Å². The number of hydrogen-bond acceptors (Lipinski definition) is 4. The number of benzene rings is 1. The lowest BCUT2D eigenvalue weighted by molar-refractivity contribution is -0.121. The minimum atomic E-state index is -0.819. The number of nitrogens with two attached hydrogens (primary N) is 1. The van der Waals surface area contributed by atoms with Gasteiger partial charge in [0.1, 0.15) is 11.9 Å². The first-order chi connectivity index (χ1) is 11.5. The van der Waals surface area contributed by atoms with E-state index in [1.54, 1.807) is 0 Å². The highest BCUT2D eigenvalue weighted by molar-refractivity contribution is 5.97. The van der Waals surface area contributed by atoms with Gasteiger partial charge in [-0.25, -0.2) is 4.39 Å². The number of anilines is 2. The fourth-order valence-electron chi connectivity index (χ4n) is 2.79. The molecule has 0 saturated heterocycles. The number of ether oxygens (including phenoxy) is 1. The number of rotatable bonds is 6. The third-order valence-corrected chi connectivity index (χ3v) is 4.15. The van der Waals surface area contributed by atoms with Crippen LogP contribution < -0.4 is 16.4 Å². The lowest BCUT2D eigenvalue weighted by Crippen LogP contribution is -2.39. The highest BCUT2D eigenvalue weighted by Crippen LogP contribution is 2.26. The number of halogens is 2. The van der Waals surface area contributed by atoms with Crippen molar-refractivity contribution in [2.45, 2.75) is 38.1 Å². The second kappa shape index (κ2) is 10.3. The second-order valence-electron chi connectivity index (χ2n) is 6.07. The number of methoxy groups -OCH3 is 1. The first-order valence-corrected chi connectivity index (χ1v) is 8.17. The highest BCUT2D eigenvalue weighted by atomic mass is 35.5. The molecule has 2 amide bonds. The van der Waals surface area contributed by atoms with Crippen LogP contribution in [-0.2, 0) is 14.3 Å². The Kier molecular flexibility index (Phi) is 8.82. The summed E-state index contributed by atoms with van der Waals surface area (Å²) in [4.78, 5) is 24.1. The Morgan fingerprint density at radius 3 is 2.60 bits per heavy atom. The fourth-order valence-corrected chi connectivity index (χ4v) is 2.79. The molecule has 1 aromatic rings. The number of carbonyl (C=O) groups excluding carboxylic acids is 2. The van der Waals surface area contributed by atoms with Crippen molar-refractivity contribution >= 4 is 35.6 Å². The van der Waals surface area contributed by atoms with E-state index in [1.165, 1.54) is 25.3 Å². The van der Waals surface area contributed by atoms with Crippen LogP contribution in [0.3, 0.4) is 0 Å². The van der Waals surface area contributed by atoms with E-state index < -0.39 is 17.8 Å². The van der Waals surface area contributed by atoms with Gasteiger partial charge in [0.15, 0.2) is 0 Å². The Labute approximate surface area is 153 Å². The smallest absolute Gasteiger partial charge is 0.243 e. The molecule has 1 aromatic carbocycles. The molecule has 0 aliphatic heterocycles. The lowest BCUT2D eigenvalue weighted by Gasteiger charge is -2.21. The van der Waals surface area contributed by atoms with E-state index in [-0.39, 0.29) is 36.5 Å². The van der Waals surface area contributed by atoms with Gasteiger partial charge < -0.3 is 21.1 Å². The summed E-state index contributed by atoms with van der Waals surface area (Å²) < 4.78 is 18.8. The average Bonchev–Trinajstić information content (AvgIpc) is 2.58. The zero-order chi connectivity index (χ0) is 17.5. The molecule has 25 heavy (non-hydrogen) atoms. The minimum Gasteiger partial charge on any atom is -0.383 e. The molecule has 1 aliphatic rings.